The minimum absolute atomic E-state index is 0.0312. The summed E-state index contributed by atoms with van der Waals surface area (Å²) in [4.78, 5) is 25.3. The Morgan fingerprint density at radius 2 is 2.29 bits per heavy atom. The SMILES string of the molecule is CCOC(=O)CCC(=O)N1CCS[C@H](c2ccco2)CC1. The highest BCUT2D eigenvalue weighted by atomic mass is 32.2. The molecule has 1 amide bonds. The number of ether oxygens (including phenoxy) is 1. The van der Waals surface area contributed by atoms with Gasteiger partial charge in [-0.05, 0) is 25.5 Å². The van der Waals surface area contributed by atoms with Crippen LogP contribution in [0, 0.1) is 0 Å². The van der Waals surface area contributed by atoms with Gasteiger partial charge in [0.15, 0.2) is 0 Å². The number of rotatable bonds is 5. The Balaban J connectivity index is 1.79. The van der Waals surface area contributed by atoms with Gasteiger partial charge in [-0.25, -0.2) is 0 Å². The van der Waals surface area contributed by atoms with Crippen LogP contribution in [0.15, 0.2) is 22.8 Å². The van der Waals surface area contributed by atoms with Crippen LogP contribution in [0.5, 0.6) is 0 Å². The van der Waals surface area contributed by atoms with E-state index in [1.165, 1.54) is 0 Å². The van der Waals surface area contributed by atoms with Gasteiger partial charge in [0.05, 0.1) is 24.5 Å². The molecule has 1 aromatic heterocycles. The number of carbonyl (C=O) groups is 2. The molecule has 1 aliphatic rings. The van der Waals surface area contributed by atoms with Crippen molar-refractivity contribution in [2.45, 2.75) is 31.4 Å². The highest BCUT2D eigenvalue weighted by Crippen LogP contribution is 2.34. The van der Waals surface area contributed by atoms with Crippen molar-refractivity contribution in [3.63, 3.8) is 0 Å². The molecule has 2 heterocycles. The second kappa shape index (κ2) is 8.12. The molecule has 0 saturated carbocycles. The Bertz CT molecular complexity index is 460. The fourth-order valence-electron chi connectivity index (χ4n) is 2.32. The lowest BCUT2D eigenvalue weighted by Crippen LogP contribution is -2.33. The summed E-state index contributed by atoms with van der Waals surface area (Å²) < 4.78 is 10.3. The predicted molar refractivity (Wildman–Crippen MR) is 81.0 cm³/mol. The number of hydrogen-bond acceptors (Lipinski definition) is 5. The standard InChI is InChI=1S/C15H21NO4S/c1-2-19-15(18)6-5-14(17)16-8-7-13(21-11-9-16)12-4-3-10-20-12/h3-4,10,13H,2,5-9,11H2,1H3/t13-/m0/s1. The normalized spacial score (nSPS) is 19.1. The molecule has 1 atom stereocenters. The molecule has 0 unspecified atom stereocenters. The van der Waals surface area contributed by atoms with E-state index in [1.807, 2.05) is 28.8 Å². The second-order valence-electron chi connectivity index (χ2n) is 4.85. The molecule has 2 rings (SSSR count). The summed E-state index contributed by atoms with van der Waals surface area (Å²) in [6.07, 6.45) is 2.96. The molecule has 1 fully saturated rings. The van der Waals surface area contributed by atoms with Crippen molar-refractivity contribution < 1.29 is 18.7 Å². The summed E-state index contributed by atoms with van der Waals surface area (Å²) in [5.41, 5.74) is 0. The first-order chi connectivity index (χ1) is 10.2. The Labute approximate surface area is 129 Å². The van der Waals surface area contributed by atoms with Crippen LogP contribution >= 0.6 is 11.8 Å². The molecular weight excluding hydrogens is 290 g/mol. The fourth-order valence-corrected chi connectivity index (χ4v) is 3.50. The molecule has 0 bridgehead atoms. The molecule has 1 aliphatic heterocycles. The van der Waals surface area contributed by atoms with Crippen LogP contribution in [0.2, 0.25) is 0 Å². The molecular formula is C15H21NO4S. The molecule has 0 aromatic carbocycles. The Morgan fingerprint density at radius 1 is 1.43 bits per heavy atom. The van der Waals surface area contributed by atoms with Crippen molar-refractivity contribution in [2.75, 3.05) is 25.4 Å². The van der Waals surface area contributed by atoms with Crippen molar-refractivity contribution in [3.05, 3.63) is 24.2 Å². The van der Waals surface area contributed by atoms with Crippen molar-refractivity contribution in [2.24, 2.45) is 0 Å². The summed E-state index contributed by atoms with van der Waals surface area (Å²) in [6, 6.07) is 3.87. The van der Waals surface area contributed by atoms with Crippen molar-refractivity contribution in [3.8, 4) is 0 Å². The molecule has 5 nitrogen and oxygen atoms in total. The fraction of sp³-hybridized carbons (Fsp3) is 0.600. The molecule has 0 radical (unpaired) electrons. The lowest BCUT2D eigenvalue weighted by molar-refractivity contribution is -0.145. The zero-order valence-corrected chi connectivity index (χ0v) is 13.1. The lowest BCUT2D eigenvalue weighted by atomic mass is 10.2. The third-order valence-corrected chi connectivity index (χ3v) is 4.69. The van der Waals surface area contributed by atoms with Gasteiger partial charge >= 0.3 is 5.97 Å². The highest BCUT2D eigenvalue weighted by molar-refractivity contribution is 7.99. The molecule has 21 heavy (non-hydrogen) atoms. The van der Waals surface area contributed by atoms with Crippen LogP contribution in [0.4, 0.5) is 0 Å². The lowest BCUT2D eigenvalue weighted by Gasteiger charge is -2.19. The van der Waals surface area contributed by atoms with Crippen LogP contribution in [0.1, 0.15) is 37.2 Å². The summed E-state index contributed by atoms with van der Waals surface area (Å²) in [5, 5.41) is 0.308. The Kier molecular flexibility index (Phi) is 6.17. The van der Waals surface area contributed by atoms with Gasteiger partial charge < -0.3 is 14.1 Å². The van der Waals surface area contributed by atoms with Gasteiger partial charge in [0.1, 0.15) is 5.76 Å². The predicted octanol–water partition coefficient (Wildman–Crippen LogP) is 2.63. The maximum absolute atomic E-state index is 12.1. The van der Waals surface area contributed by atoms with E-state index < -0.39 is 0 Å². The zero-order valence-electron chi connectivity index (χ0n) is 12.2. The number of amides is 1. The van der Waals surface area contributed by atoms with E-state index in [1.54, 1.807) is 13.2 Å². The first kappa shape index (κ1) is 15.9. The number of nitrogens with zero attached hydrogens (tertiary/aromatic N) is 1. The van der Waals surface area contributed by atoms with E-state index in [0.717, 1.165) is 24.5 Å². The first-order valence-corrected chi connectivity index (χ1v) is 8.34. The van der Waals surface area contributed by atoms with Gasteiger partial charge in [-0.15, -0.1) is 11.8 Å². The third kappa shape index (κ3) is 4.81. The van der Waals surface area contributed by atoms with Crippen molar-refractivity contribution in [1.82, 2.24) is 4.90 Å². The second-order valence-corrected chi connectivity index (χ2v) is 6.16. The molecule has 1 saturated heterocycles. The number of thioether (sulfide) groups is 1. The summed E-state index contributed by atoms with van der Waals surface area (Å²) >= 11 is 1.82. The molecule has 0 spiro atoms. The van der Waals surface area contributed by atoms with E-state index in [0.29, 0.717) is 18.4 Å². The van der Waals surface area contributed by atoms with Gasteiger partial charge in [-0.1, -0.05) is 0 Å². The van der Waals surface area contributed by atoms with E-state index in [-0.39, 0.29) is 24.7 Å². The summed E-state index contributed by atoms with van der Waals surface area (Å²) in [7, 11) is 0. The molecule has 116 valence electrons. The monoisotopic (exact) mass is 311 g/mol. The van der Waals surface area contributed by atoms with Crippen molar-refractivity contribution >= 4 is 23.6 Å². The van der Waals surface area contributed by atoms with Gasteiger partial charge in [0.25, 0.3) is 0 Å². The maximum Gasteiger partial charge on any atom is 0.306 e. The number of carbonyl (C=O) groups excluding carboxylic acids is 2. The van der Waals surface area contributed by atoms with E-state index in [4.69, 9.17) is 9.15 Å². The van der Waals surface area contributed by atoms with E-state index >= 15 is 0 Å². The van der Waals surface area contributed by atoms with Gasteiger partial charge in [0, 0.05) is 25.3 Å². The Hall–Kier alpha value is -1.43. The summed E-state index contributed by atoms with van der Waals surface area (Å²) in [5.74, 6) is 1.59. The zero-order chi connectivity index (χ0) is 15.1. The van der Waals surface area contributed by atoms with Crippen LogP contribution in [0.25, 0.3) is 0 Å². The van der Waals surface area contributed by atoms with Crippen LogP contribution < -0.4 is 0 Å². The van der Waals surface area contributed by atoms with E-state index in [2.05, 4.69) is 0 Å². The van der Waals surface area contributed by atoms with Gasteiger partial charge in [-0.2, -0.15) is 0 Å². The molecule has 6 heteroatoms. The first-order valence-electron chi connectivity index (χ1n) is 7.29. The quantitative estimate of drug-likeness (QED) is 0.782. The number of furan rings is 1. The van der Waals surface area contributed by atoms with Crippen molar-refractivity contribution in [1.29, 1.82) is 0 Å². The molecule has 0 aliphatic carbocycles. The van der Waals surface area contributed by atoms with Crippen LogP contribution in [-0.2, 0) is 14.3 Å². The third-order valence-electron chi connectivity index (χ3n) is 3.40. The molecule has 1 aromatic rings. The average Bonchev–Trinajstić information content (AvgIpc) is 2.90. The number of hydrogen-bond donors (Lipinski definition) is 0. The minimum Gasteiger partial charge on any atom is -0.468 e. The van der Waals surface area contributed by atoms with Crippen LogP contribution in [0.3, 0.4) is 0 Å². The van der Waals surface area contributed by atoms with E-state index in [9.17, 15) is 9.59 Å². The van der Waals surface area contributed by atoms with Crippen LogP contribution in [-0.4, -0.2) is 42.2 Å². The smallest absolute Gasteiger partial charge is 0.306 e. The largest absolute Gasteiger partial charge is 0.468 e. The summed E-state index contributed by atoms with van der Waals surface area (Å²) in [6.45, 7) is 3.56. The molecule has 0 N–H and O–H groups in total. The van der Waals surface area contributed by atoms with Gasteiger partial charge in [0.2, 0.25) is 5.91 Å². The number of esters is 1. The maximum atomic E-state index is 12.1. The van der Waals surface area contributed by atoms with Gasteiger partial charge in [-0.3, -0.25) is 9.59 Å². The average molecular weight is 311 g/mol. The Morgan fingerprint density at radius 3 is 3.00 bits per heavy atom. The highest BCUT2D eigenvalue weighted by Gasteiger charge is 2.23. The minimum atomic E-state index is -0.302. The topological polar surface area (TPSA) is 59.8 Å².